The molecule has 9 heteroatoms. The van der Waals surface area contributed by atoms with E-state index >= 15 is 0 Å². The van der Waals surface area contributed by atoms with Crippen LogP contribution < -0.4 is 11.1 Å². The molecule has 25 heavy (non-hydrogen) atoms. The van der Waals surface area contributed by atoms with Crippen molar-refractivity contribution in [3.63, 3.8) is 0 Å². The summed E-state index contributed by atoms with van der Waals surface area (Å²) in [7, 11) is 0. The number of carbonyl (C=O) groups is 1. The van der Waals surface area contributed by atoms with Crippen molar-refractivity contribution in [3.05, 3.63) is 51.9 Å². The molecule has 1 aromatic carbocycles. The van der Waals surface area contributed by atoms with Gasteiger partial charge < -0.3 is 5.73 Å². The number of halogens is 1. The van der Waals surface area contributed by atoms with Crippen molar-refractivity contribution in [2.75, 3.05) is 11.1 Å². The highest BCUT2D eigenvalue weighted by Crippen LogP contribution is 2.32. The lowest BCUT2D eigenvalue weighted by Gasteiger charge is -1.98. The average Bonchev–Trinajstić information content (AvgIpc) is 3.22. The number of nitrogens with two attached hydrogens (primary N) is 1. The van der Waals surface area contributed by atoms with Crippen LogP contribution in [-0.2, 0) is 0 Å². The van der Waals surface area contributed by atoms with Gasteiger partial charge in [0.25, 0.3) is 5.91 Å². The highest BCUT2D eigenvalue weighted by Gasteiger charge is 2.14. The van der Waals surface area contributed by atoms with Crippen molar-refractivity contribution in [3.8, 4) is 10.6 Å². The van der Waals surface area contributed by atoms with E-state index in [0.29, 0.717) is 15.7 Å². The van der Waals surface area contributed by atoms with Crippen molar-refractivity contribution in [1.82, 2.24) is 15.0 Å². The fraction of sp³-hybridized carbons (Fsp3) is 0. The van der Waals surface area contributed by atoms with E-state index in [2.05, 4.69) is 36.2 Å². The van der Waals surface area contributed by atoms with E-state index in [-0.39, 0.29) is 11.9 Å². The Balaban J connectivity index is 1.58. The average molecular weight is 432 g/mol. The summed E-state index contributed by atoms with van der Waals surface area (Å²) in [5, 5.41) is 3.41. The molecule has 3 aromatic heterocycles. The summed E-state index contributed by atoms with van der Waals surface area (Å²) in [6.07, 6.45) is 1.59. The number of nitrogen functional groups attached to an aromatic ring is 1. The predicted octanol–water partition coefficient (Wildman–Crippen LogP) is 4.41. The third kappa shape index (κ3) is 3.26. The van der Waals surface area contributed by atoms with Gasteiger partial charge in [-0.15, -0.1) is 11.3 Å². The zero-order valence-electron chi connectivity index (χ0n) is 12.6. The lowest BCUT2D eigenvalue weighted by atomic mass is 10.3. The Labute approximate surface area is 158 Å². The number of fused-ring (bicyclic) bond motifs is 1. The van der Waals surface area contributed by atoms with Gasteiger partial charge in [-0.3, -0.25) is 10.1 Å². The van der Waals surface area contributed by atoms with Crippen LogP contribution in [0.2, 0.25) is 0 Å². The lowest BCUT2D eigenvalue weighted by molar-refractivity contribution is 0.103. The fourth-order valence-corrected chi connectivity index (χ4v) is 4.58. The number of thiophene rings is 1. The second kappa shape index (κ2) is 6.51. The smallest absolute Gasteiger partial charge is 0.267 e. The maximum Gasteiger partial charge on any atom is 0.267 e. The molecule has 0 aliphatic carbocycles. The largest absolute Gasteiger partial charge is 0.368 e. The summed E-state index contributed by atoms with van der Waals surface area (Å²) in [6.45, 7) is 0. The van der Waals surface area contributed by atoms with E-state index in [0.717, 1.165) is 19.6 Å². The van der Waals surface area contributed by atoms with Crippen LogP contribution in [0.3, 0.4) is 0 Å². The number of para-hydroxylation sites is 1. The lowest BCUT2D eigenvalue weighted by Crippen LogP contribution is -2.09. The van der Waals surface area contributed by atoms with Gasteiger partial charge in [0.15, 0.2) is 5.13 Å². The summed E-state index contributed by atoms with van der Waals surface area (Å²) >= 11 is 6.24. The SMILES string of the molecule is Nc1nccc(-c2ccc(C(=O)Nc3nc4c(Br)cccc4s3)s2)n1. The normalized spacial score (nSPS) is 10.9. The van der Waals surface area contributed by atoms with Crippen LogP contribution in [0.4, 0.5) is 11.1 Å². The first-order valence-corrected chi connectivity index (χ1v) is 9.58. The molecule has 0 radical (unpaired) electrons. The van der Waals surface area contributed by atoms with Crippen molar-refractivity contribution in [2.24, 2.45) is 0 Å². The van der Waals surface area contributed by atoms with Gasteiger partial charge in [0.2, 0.25) is 5.95 Å². The molecule has 3 N–H and O–H groups in total. The number of nitrogens with zero attached hydrogens (tertiary/aromatic N) is 3. The van der Waals surface area contributed by atoms with Gasteiger partial charge >= 0.3 is 0 Å². The van der Waals surface area contributed by atoms with Gasteiger partial charge in [0.05, 0.1) is 25.7 Å². The highest BCUT2D eigenvalue weighted by molar-refractivity contribution is 9.10. The number of carbonyl (C=O) groups excluding carboxylic acids is 1. The first-order valence-electron chi connectivity index (χ1n) is 7.15. The Kier molecular flexibility index (Phi) is 4.20. The van der Waals surface area contributed by atoms with E-state index in [1.807, 2.05) is 24.3 Å². The maximum absolute atomic E-state index is 12.5. The van der Waals surface area contributed by atoms with Crippen LogP contribution in [0.5, 0.6) is 0 Å². The second-order valence-corrected chi connectivity index (χ2v) is 7.99. The summed E-state index contributed by atoms with van der Waals surface area (Å²) in [5.41, 5.74) is 7.14. The molecule has 0 bridgehead atoms. The number of thiazole rings is 1. The molecule has 124 valence electrons. The minimum absolute atomic E-state index is 0.201. The monoisotopic (exact) mass is 431 g/mol. The molecule has 0 aliphatic rings. The molecule has 4 rings (SSSR count). The Morgan fingerprint density at radius 2 is 2.00 bits per heavy atom. The molecule has 6 nitrogen and oxygen atoms in total. The standard InChI is InChI=1S/C16H10BrN5OS2/c17-8-2-1-3-11-13(8)21-16(25-11)22-14(23)12-5-4-10(24-12)9-6-7-19-15(18)20-9/h1-7H,(H2,18,19,20)(H,21,22,23). The summed E-state index contributed by atoms with van der Waals surface area (Å²) in [6, 6.07) is 11.2. The minimum Gasteiger partial charge on any atom is -0.368 e. The molecule has 3 heterocycles. The van der Waals surface area contributed by atoms with Gasteiger partial charge in [-0.25, -0.2) is 15.0 Å². The van der Waals surface area contributed by atoms with Gasteiger partial charge in [0.1, 0.15) is 0 Å². The van der Waals surface area contributed by atoms with Crippen molar-refractivity contribution >= 4 is 65.8 Å². The molecule has 0 aliphatic heterocycles. The Bertz CT molecular complexity index is 1090. The molecule has 0 saturated heterocycles. The van der Waals surface area contributed by atoms with Crippen LogP contribution in [-0.4, -0.2) is 20.9 Å². The van der Waals surface area contributed by atoms with Crippen LogP contribution in [0.25, 0.3) is 20.8 Å². The van der Waals surface area contributed by atoms with Crippen LogP contribution >= 0.6 is 38.6 Å². The number of hydrogen-bond acceptors (Lipinski definition) is 7. The summed E-state index contributed by atoms with van der Waals surface area (Å²) in [4.78, 5) is 26.4. The molecular weight excluding hydrogens is 422 g/mol. The number of amides is 1. The maximum atomic E-state index is 12.5. The van der Waals surface area contributed by atoms with E-state index in [9.17, 15) is 4.79 Å². The molecule has 0 unspecified atom stereocenters. The van der Waals surface area contributed by atoms with Gasteiger partial charge in [0, 0.05) is 10.7 Å². The number of benzene rings is 1. The number of nitrogens with one attached hydrogen (secondary N) is 1. The summed E-state index contributed by atoms with van der Waals surface area (Å²) in [5.74, 6) is 0.00501. The molecule has 0 spiro atoms. The number of hydrogen-bond donors (Lipinski definition) is 2. The first-order chi connectivity index (χ1) is 12.1. The summed E-state index contributed by atoms with van der Waals surface area (Å²) < 4.78 is 1.91. The van der Waals surface area contributed by atoms with Crippen LogP contribution in [0.15, 0.2) is 47.1 Å². The quantitative estimate of drug-likeness (QED) is 0.500. The third-order valence-electron chi connectivity index (χ3n) is 3.35. The number of anilines is 2. The molecule has 0 fully saturated rings. The number of aromatic nitrogens is 3. The predicted molar refractivity (Wildman–Crippen MR) is 105 cm³/mol. The molecule has 4 aromatic rings. The Morgan fingerprint density at radius 3 is 2.80 bits per heavy atom. The zero-order chi connectivity index (χ0) is 17.4. The van der Waals surface area contributed by atoms with E-state index in [1.165, 1.54) is 22.7 Å². The van der Waals surface area contributed by atoms with Crippen molar-refractivity contribution in [1.29, 1.82) is 0 Å². The Hall–Kier alpha value is -2.36. The fourth-order valence-electron chi connectivity index (χ4n) is 2.24. The Morgan fingerprint density at radius 1 is 1.12 bits per heavy atom. The molecule has 0 atom stereocenters. The first kappa shape index (κ1) is 16.1. The molecule has 0 saturated carbocycles. The van der Waals surface area contributed by atoms with E-state index in [4.69, 9.17) is 5.73 Å². The van der Waals surface area contributed by atoms with Crippen molar-refractivity contribution < 1.29 is 4.79 Å². The van der Waals surface area contributed by atoms with Gasteiger partial charge in [-0.2, -0.15) is 0 Å². The van der Waals surface area contributed by atoms with Crippen molar-refractivity contribution in [2.45, 2.75) is 0 Å². The second-order valence-electron chi connectivity index (χ2n) is 5.02. The van der Waals surface area contributed by atoms with E-state index in [1.54, 1.807) is 18.3 Å². The van der Waals surface area contributed by atoms with Crippen LogP contribution in [0, 0.1) is 0 Å². The molecular formula is C16H10BrN5OS2. The van der Waals surface area contributed by atoms with Gasteiger partial charge in [-0.1, -0.05) is 17.4 Å². The zero-order valence-corrected chi connectivity index (χ0v) is 15.8. The highest BCUT2D eigenvalue weighted by atomic mass is 79.9. The molecule has 1 amide bonds. The minimum atomic E-state index is -0.201. The number of rotatable bonds is 3. The van der Waals surface area contributed by atoms with Gasteiger partial charge in [-0.05, 0) is 46.3 Å². The van der Waals surface area contributed by atoms with E-state index < -0.39 is 0 Å². The van der Waals surface area contributed by atoms with Crippen LogP contribution in [0.1, 0.15) is 9.67 Å². The topological polar surface area (TPSA) is 93.8 Å². The third-order valence-corrected chi connectivity index (χ3v) is 6.03.